The molecule has 0 amide bonds. The summed E-state index contributed by atoms with van der Waals surface area (Å²) in [5, 5.41) is 10.1. The van der Waals surface area contributed by atoms with Gasteiger partial charge < -0.3 is 9.52 Å². The molecular formula is C24H18F4N2O3. The first-order valence-corrected chi connectivity index (χ1v) is 9.88. The molecule has 2 aromatic heterocycles. The van der Waals surface area contributed by atoms with Crippen LogP contribution >= 0.6 is 0 Å². The van der Waals surface area contributed by atoms with E-state index in [0.717, 1.165) is 41.1 Å². The normalized spacial score (nSPS) is 11.7. The van der Waals surface area contributed by atoms with Gasteiger partial charge in [-0.1, -0.05) is 6.07 Å². The molecule has 0 bridgehead atoms. The summed E-state index contributed by atoms with van der Waals surface area (Å²) in [6, 6.07) is 8.48. The summed E-state index contributed by atoms with van der Waals surface area (Å²) in [7, 11) is 0. The number of benzene rings is 2. The lowest BCUT2D eigenvalue weighted by Gasteiger charge is -2.13. The Balaban J connectivity index is 1.94. The molecule has 2 heterocycles. The highest BCUT2D eigenvalue weighted by molar-refractivity contribution is 5.77. The fourth-order valence-electron chi connectivity index (χ4n) is 3.38. The van der Waals surface area contributed by atoms with Crippen molar-refractivity contribution in [3.05, 3.63) is 94.2 Å². The second-order valence-electron chi connectivity index (χ2n) is 8.09. The van der Waals surface area contributed by atoms with Gasteiger partial charge in [0, 0.05) is 23.9 Å². The smallest absolute Gasteiger partial charge is 0.255 e. The largest absolute Gasteiger partial charge is 0.440 e. The Morgan fingerprint density at radius 1 is 1.00 bits per heavy atom. The molecule has 0 aliphatic heterocycles. The van der Waals surface area contributed by atoms with Crippen molar-refractivity contribution in [1.82, 2.24) is 9.55 Å². The predicted octanol–water partition coefficient (Wildman–Crippen LogP) is 5.03. The van der Waals surface area contributed by atoms with Crippen molar-refractivity contribution in [2.75, 3.05) is 0 Å². The predicted molar refractivity (Wildman–Crippen MR) is 113 cm³/mol. The van der Waals surface area contributed by atoms with Gasteiger partial charge in [-0.2, -0.15) is 0 Å². The molecule has 2 aromatic carbocycles. The van der Waals surface area contributed by atoms with Crippen LogP contribution in [-0.4, -0.2) is 20.3 Å². The van der Waals surface area contributed by atoms with Crippen LogP contribution in [0.2, 0.25) is 0 Å². The van der Waals surface area contributed by atoms with E-state index in [1.54, 1.807) is 0 Å². The molecule has 0 saturated carbocycles. The number of aliphatic hydroxyl groups is 1. The third-order valence-corrected chi connectivity index (χ3v) is 4.79. The van der Waals surface area contributed by atoms with Gasteiger partial charge in [0.1, 0.15) is 34.7 Å². The molecule has 170 valence electrons. The van der Waals surface area contributed by atoms with Crippen molar-refractivity contribution in [1.29, 1.82) is 0 Å². The molecule has 0 saturated heterocycles. The van der Waals surface area contributed by atoms with Crippen LogP contribution in [0, 0.1) is 23.3 Å². The summed E-state index contributed by atoms with van der Waals surface area (Å²) in [6.45, 7) is 3.05. The zero-order valence-electron chi connectivity index (χ0n) is 17.6. The second-order valence-corrected chi connectivity index (χ2v) is 8.09. The van der Waals surface area contributed by atoms with Crippen LogP contribution in [0.5, 0.6) is 0 Å². The lowest BCUT2D eigenvalue weighted by atomic mass is 10.1. The first-order chi connectivity index (χ1) is 15.5. The molecule has 0 unspecified atom stereocenters. The van der Waals surface area contributed by atoms with Crippen molar-refractivity contribution in [2.24, 2.45) is 0 Å². The quantitative estimate of drug-likeness (QED) is 0.426. The lowest BCUT2D eigenvalue weighted by molar-refractivity contribution is 0.0739. The molecule has 0 atom stereocenters. The highest BCUT2D eigenvalue weighted by atomic mass is 19.1. The average Bonchev–Trinajstić information content (AvgIpc) is 3.10. The number of oxazole rings is 1. The SMILES string of the molecule is CC(C)(O)Cc1nc(-c2ccc(=O)n(-c3c(F)cccc3F)c2)c(-c2ccc(F)cc2F)o1. The van der Waals surface area contributed by atoms with Crippen LogP contribution in [0.3, 0.4) is 0 Å². The van der Waals surface area contributed by atoms with Gasteiger partial charge in [-0.3, -0.25) is 9.36 Å². The molecule has 0 aliphatic carbocycles. The Morgan fingerprint density at radius 3 is 2.33 bits per heavy atom. The molecule has 0 spiro atoms. The highest BCUT2D eigenvalue weighted by Crippen LogP contribution is 2.35. The Morgan fingerprint density at radius 2 is 1.70 bits per heavy atom. The number of rotatable bonds is 5. The molecule has 4 rings (SSSR count). The van der Waals surface area contributed by atoms with E-state index in [1.807, 2.05) is 0 Å². The van der Waals surface area contributed by atoms with E-state index in [0.29, 0.717) is 6.07 Å². The number of pyridine rings is 1. The first kappa shape index (κ1) is 22.5. The number of hydrogen-bond donors (Lipinski definition) is 1. The standard InChI is InChI=1S/C24H18F4N2O3/c1-24(2,32)11-19-29-21(23(33-19)15-8-7-14(25)10-18(15)28)13-6-9-20(31)30(12-13)22-16(26)4-3-5-17(22)27/h3-10,12,32H,11H2,1-2H3. The Hall–Kier alpha value is -3.72. The van der Waals surface area contributed by atoms with Gasteiger partial charge in [0.15, 0.2) is 11.7 Å². The van der Waals surface area contributed by atoms with Gasteiger partial charge in [-0.15, -0.1) is 0 Å². The first-order valence-electron chi connectivity index (χ1n) is 9.88. The molecule has 9 heteroatoms. The van der Waals surface area contributed by atoms with Crippen LogP contribution < -0.4 is 5.56 Å². The van der Waals surface area contributed by atoms with Crippen molar-refractivity contribution < 1.29 is 27.1 Å². The number of hydrogen-bond acceptors (Lipinski definition) is 4. The van der Waals surface area contributed by atoms with Gasteiger partial charge in [0.25, 0.3) is 5.56 Å². The van der Waals surface area contributed by atoms with Crippen molar-refractivity contribution >= 4 is 0 Å². The average molecular weight is 458 g/mol. The van der Waals surface area contributed by atoms with Gasteiger partial charge in [-0.25, -0.2) is 22.5 Å². The minimum atomic E-state index is -1.21. The van der Waals surface area contributed by atoms with E-state index in [-0.39, 0.29) is 34.9 Å². The molecule has 0 radical (unpaired) electrons. The molecule has 5 nitrogen and oxygen atoms in total. The molecule has 4 aromatic rings. The summed E-state index contributed by atoms with van der Waals surface area (Å²) in [5.41, 5.74) is -2.39. The maximum Gasteiger partial charge on any atom is 0.255 e. The van der Waals surface area contributed by atoms with Gasteiger partial charge in [0.05, 0.1) is 17.6 Å². The number of halogens is 4. The molecule has 0 aliphatic rings. The van der Waals surface area contributed by atoms with Crippen molar-refractivity contribution in [2.45, 2.75) is 25.9 Å². The van der Waals surface area contributed by atoms with E-state index >= 15 is 0 Å². The number of nitrogens with zero attached hydrogens (tertiary/aromatic N) is 2. The minimum Gasteiger partial charge on any atom is -0.440 e. The van der Waals surface area contributed by atoms with Crippen LogP contribution in [-0.2, 0) is 6.42 Å². The Kier molecular flexibility index (Phi) is 5.67. The summed E-state index contributed by atoms with van der Waals surface area (Å²) < 4.78 is 63.1. The maximum atomic E-state index is 14.6. The number of para-hydroxylation sites is 1. The van der Waals surface area contributed by atoms with E-state index in [1.165, 1.54) is 26.0 Å². The van der Waals surface area contributed by atoms with E-state index in [4.69, 9.17) is 4.42 Å². The third kappa shape index (κ3) is 4.58. The highest BCUT2D eigenvalue weighted by Gasteiger charge is 2.25. The van der Waals surface area contributed by atoms with Crippen molar-refractivity contribution in [3.63, 3.8) is 0 Å². The second kappa shape index (κ2) is 8.32. The molecule has 33 heavy (non-hydrogen) atoms. The monoisotopic (exact) mass is 458 g/mol. The summed E-state index contributed by atoms with van der Waals surface area (Å²) in [6.07, 6.45) is 1.12. The summed E-state index contributed by atoms with van der Waals surface area (Å²) in [4.78, 5) is 16.7. The van der Waals surface area contributed by atoms with E-state index in [9.17, 15) is 27.5 Å². The van der Waals surface area contributed by atoms with Gasteiger partial charge >= 0.3 is 0 Å². The summed E-state index contributed by atoms with van der Waals surface area (Å²) in [5.74, 6) is -3.67. The minimum absolute atomic E-state index is 0.0373. The zero-order chi connectivity index (χ0) is 23.9. The fourth-order valence-corrected chi connectivity index (χ4v) is 3.38. The maximum absolute atomic E-state index is 14.6. The fraction of sp³-hybridized carbons (Fsp3) is 0.167. The molecule has 1 N–H and O–H groups in total. The van der Waals surface area contributed by atoms with Crippen LogP contribution in [0.1, 0.15) is 19.7 Å². The zero-order valence-corrected chi connectivity index (χ0v) is 17.6. The van der Waals surface area contributed by atoms with Crippen LogP contribution in [0.4, 0.5) is 17.6 Å². The Bertz CT molecular complexity index is 1380. The van der Waals surface area contributed by atoms with E-state index in [2.05, 4.69) is 4.98 Å². The van der Waals surface area contributed by atoms with Crippen LogP contribution in [0.25, 0.3) is 28.3 Å². The lowest BCUT2D eigenvalue weighted by Crippen LogP contribution is -2.22. The molecule has 0 fully saturated rings. The summed E-state index contributed by atoms with van der Waals surface area (Å²) >= 11 is 0. The molecular weight excluding hydrogens is 440 g/mol. The van der Waals surface area contributed by atoms with Gasteiger partial charge in [0.2, 0.25) is 0 Å². The number of aromatic nitrogens is 2. The third-order valence-electron chi connectivity index (χ3n) is 4.79. The van der Waals surface area contributed by atoms with Crippen molar-refractivity contribution in [3.8, 4) is 28.3 Å². The topological polar surface area (TPSA) is 68.3 Å². The van der Waals surface area contributed by atoms with E-state index < -0.39 is 40.1 Å². The van der Waals surface area contributed by atoms with Gasteiger partial charge in [-0.05, 0) is 44.2 Å². The van der Waals surface area contributed by atoms with Crippen LogP contribution in [0.15, 0.2) is 63.9 Å². The Labute approximate surface area is 185 Å².